The lowest BCUT2D eigenvalue weighted by Gasteiger charge is -2.41. The zero-order valence-corrected chi connectivity index (χ0v) is 13.2. The van der Waals surface area contributed by atoms with Crippen LogP contribution in [0.4, 0.5) is 0 Å². The minimum atomic E-state index is -3.43. The van der Waals surface area contributed by atoms with Crippen LogP contribution >= 0.6 is 11.3 Å². The molecule has 0 radical (unpaired) electrons. The van der Waals surface area contributed by atoms with Crippen molar-refractivity contribution in [2.24, 2.45) is 5.92 Å². The fourth-order valence-electron chi connectivity index (χ4n) is 3.11. The van der Waals surface area contributed by atoms with Gasteiger partial charge in [0.2, 0.25) is 0 Å². The summed E-state index contributed by atoms with van der Waals surface area (Å²) in [5.74, 6) is 0.343. The van der Waals surface area contributed by atoms with Crippen molar-refractivity contribution >= 4 is 27.3 Å². The van der Waals surface area contributed by atoms with Crippen LogP contribution in [0.2, 0.25) is 0 Å². The molecule has 4 rings (SSSR count). The van der Waals surface area contributed by atoms with E-state index in [1.165, 1.54) is 21.9 Å². The van der Waals surface area contributed by atoms with E-state index < -0.39 is 10.0 Å². The number of nitrogens with zero attached hydrogens (tertiary/aromatic N) is 2. The monoisotopic (exact) mass is 338 g/mol. The van der Waals surface area contributed by atoms with Crippen molar-refractivity contribution < 1.29 is 17.6 Å². The van der Waals surface area contributed by atoms with Gasteiger partial charge < -0.3 is 9.32 Å². The highest BCUT2D eigenvalue weighted by atomic mass is 32.2. The molecule has 2 fully saturated rings. The molecule has 0 N–H and O–H groups in total. The first-order valence-electron chi connectivity index (χ1n) is 6.95. The molecule has 2 atom stereocenters. The Labute approximate surface area is 132 Å². The molecule has 8 heteroatoms. The second-order valence-corrected chi connectivity index (χ2v) is 8.59. The minimum absolute atomic E-state index is 0.119. The van der Waals surface area contributed by atoms with Gasteiger partial charge in [0.1, 0.15) is 4.21 Å². The molecule has 22 heavy (non-hydrogen) atoms. The number of carbonyl (C=O) groups excluding carboxylic acids is 1. The van der Waals surface area contributed by atoms with Gasteiger partial charge in [0.15, 0.2) is 5.76 Å². The van der Waals surface area contributed by atoms with E-state index in [1.807, 2.05) is 0 Å². The molecule has 2 saturated heterocycles. The quantitative estimate of drug-likeness (QED) is 0.850. The topological polar surface area (TPSA) is 70.8 Å². The van der Waals surface area contributed by atoms with Gasteiger partial charge in [0, 0.05) is 31.6 Å². The van der Waals surface area contributed by atoms with Crippen LogP contribution in [-0.2, 0) is 10.0 Å². The van der Waals surface area contributed by atoms with Gasteiger partial charge in [-0.05, 0) is 23.6 Å². The summed E-state index contributed by atoms with van der Waals surface area (Å²) in [7, 11) is -3.43. The summed E-state index contributed by atoms with van der Waals surface area (Å²) in [6, 6.07) is 6.53. The number of likely N-dealkylation sites (tertiary alicyclic amines) is 1. The van der Waals surface area contributed by atoms with Crippen molar-refractivity contribution in [3.8, 4) is 0 Å². The molecule has 6 nitrogen and oxygen atoms in total. The minimum Gasteiger partial charge on any atom is -0.459 e. The van der Waals surface area contributed by atoms with E-state index in [-0.39, 0.29) is 17.9 Å². The first kappa shape index (κ1) is 14.0. The SMILES string of the molecule is O=C(c1ccco1)N1C[C@@H]2CN(S(=O)(=O)c3cccs3)[C@@H]2C1. The molecule has 1 amide bonds. The number of thiophene rings is 1. The Bertz CT molecular complexity index is 783. The van der Waals surface area contributed by atoms with Crippen molar-refractivity contribution in [3.05, 3.63) is 41.7 Å². The van der Waals surface area contributed by atoms with Gasteiger partial charge in [-0.25, -0.2) is 8.42 Å². The zero-order valence-electron chi connectivity index (χ0n) is 11.6. The number of amides is 1. The third-order valence-electron chi connectivity index (χ3n) is 4.27. The molecule has 2 aliphatic heterocycles. The lowest BCUT2D eigenvalue weighted by atomic mass is 9.96. The molecule has 0 spiro atoms. The summed E-state index contributed by atoms with van der Waals surface area (Å²) in [5, 5.41) is 1.76. The molecule has 2 aliphatic rings. The van der Waals surface area contributed by atoms with E-state index >= 15 is 0 Å². The molecule has 0 saturated carbocycles. The average Bonchev–Trinajstić information content (AvgIpc) is 3.19. The summed E-state index contributed by atoms with van der Waals surface area (Å²) < 4.78 is 32.1. The van der Waals surface area contributed by atoms with Gasteiger partial charge >= 0.3 is 0 Å². The molecule has 0 aromatic carbocycles. The summed E-state index contributed by atoms with van der Waals surface area (Å²) in [6.07, 6.45) is 1.46. The smallest absolute Gasteiger partial charge is 0.289 e. The first-order valence-corrected chi connectivity index (χ1v) is 9.27. The van der Waals surface area contributed by atoms with E-state index in [0.29, 0.717) is 29.6 Å². The van der Waals surface area contributed by atoms with E-state index in [1.54, 1.807) is 34.5 Å². The summed E-state index contributed by atoms with van der Waals surface area (Å²) in [4.78, 5) is 14.0. The van der Waals surface area contributed by atoms with Gasteiger partial charge in [-0.15, -0.1) is 11.3 Å². The maximum absolute atomic E-state index is 12.5. The first-order chi connectivity index (χ1) is 10.6. The second-order valence-electron chi connectivity index (χ2n) is 5.52. The lowest BCUT2D eigenvalue weighted by Crippen LogP contribution is -2.57. The van der Waals surface area contributed by atoms with E-state index in [0.717, 1.165) is 0 Å². The molecule has 4 heterocycles. The maximum atomic E-state index is 12.5. The Balaban J connectivity index is 1.51. The molecule has 0 aliphatic carbocycles. The second kappa shape index (κ2) is 4.94. The molecular weight excluding hydrogens is 324 g/mol. The highest BCUT2D eigenvalue weighted by Crippen LogP contribution is 2.38. The molecule has 2 aromatic rings. The van der Waals surface area contributed by atoms with Crippen molar-refractivity contribution in [1.82, 2.24) is 9.21 Å². The fourth-order valence-corrected chi connectivity index (χ4v) is 5.97. The Morgan fingerprint density at radius 3 is 2.77 bits per heavy atom. The van der Waals surface area contributed by atoms with E-state index in [2.05, 4.69) is 0 Å². The van der Waals surface area contributed by atoms with Crippen molar-refractivity contribution in [2.75, 3.05) is 19.6 Å². The predicted molar refractivity (Wildman–Crippen MR) is 80.1 cm³/mol. The standard InChI is InChI=1S/C14H14N2O4S2/c17-14(12-3-1-5-20-12)15-7-10-8-16(11(10)9-15)22(18,19)13-4-2-6-21-13/h1-6,10-11H,7-9H2/t10-,11-/m1/s1. The number of rotatable bonds is 3. The van der Waals surface area contributed by atoms with Gasteiger partial charge in [-0.3, -0.25) is 4.79 Å². The molecule has 116 valence electrons. The van der Waals surface area contributed by atoms with Crippen LogP contribution in [0, 0.1) is 5.92 Å². The zero-order chi connectivity index (χ0) is 15.3. The van der Waals surface area contributed by atoms with Crippen molar-refractivity contribution in [2.45, 2.75) is 10.3 Å². The number of hydrogen-bond acceptors (Lipinski definition) is 5. The molecule has 0 unspecified atom stereocenters. The van der Waals surface area contributed by atoms with Crippen LogP contribution in [0.5, 0.6) is 0 Å². The molecular formula is C14H14N2O4S2. The molecule has 0 bridgehead atoms. The Morgan fingerprint density at radius 2 is 2.09 bits per heavy atom. The van der Waals surface area contributed by atoms with Gasteiger partial charge in [0.05, 0.1) is 6.26 Å². The van der Waals surface area contributed by atoms with Gasteiger partial charge in [-0.2, -0.15) is 4.31 Å². The summed E-state index contributed by atoms with van der Waals surface area (Å²) >= 11 is 1.22. The largest absolute Gasteiger partial charge is 0.459 e. The number of furan rings is 1. The number of hydrogen-bond donors (Lipinski definition) is 0. The Morgan fingerprint density at radius 1 is 1.23 bits per heavy atom. The van der Waals surface area contributed by atoms with Crippen molar-refractivity contribution in [3.63, 3.8) is 0 Å². The van der Waals surface area contributed by atoms with Crippen molar-refractivity contribution in [1.29, 1.82) is 0 Å². The van der Waals surface area contributed by atoms with Crippen LogP contribution in [-0.4, -0.2) is 49.2 Å². The highest BCUT2D eigenvalue weighted by Gasteiger charge is 2.52. The highest BCUT2D eigenvalue weighted by molar-refractivity contribution is 7.91. The van der Waals surface area contributed by atoms with E-state index in [4.69, 9.17) is 4.42 Å². The predicted octanol–water partition coefficient (Wildman–Crippen LogP) is 1.49. The maximum Gasteiger partial charge on any atom is 0.289 e. The van der Waals surface area contributed by atoms with Gasteiger partial charge in [0.25, 0.3) is 15.9 Å². The number of carbonyl (C=O) groups is 1. The third kappa shape index (κ3) is 2.02. The number of sulfonamides is 1. The van der Waals surface area contributed by atoms with Crippen LogP contribution in [0.1, 0.15) is 10.6 Å². The molecule has 2 aromatic heterocycles. The summed E-state index contributed by atoms with van der Waals surface area (Å²) in [5.41, 5.74) is 0. The van der Waals surface area contributed by atoms with E-state index in [9.17, 15) is 13.2 Å². The third-order valence-corrected chi connectivity index (χ3v) is 7.53. The summed E-state index contributed by atoms with van der Waals surface area (Å²) in [6.45, 7) is 1.49. The fraction of sp³-hybridized carbons (Fsp3) is 0.357. The van der Waals surface area contributed by atoms with Crippen LogP contribution in [0.15, 0.2) is 44.5 Å². The normalized spacial score (nSPS) is 25.0. The van der Waals surface area contributed by atoms with Crippen LogP contribution < -0.4 is 0 Å². The van der Waals surface area contributed by atoms with Crippen LogP contribution in [0.25, 0.3) is 0 Å². The Hall–Kier alpha value is -1.64. The van der Waals surface area contributed by atoms with Crippen LogP contribution in [0.3, 0.4) is 0 Å². The van der Waals surface area contributed by atoms with Gasteiger partial charge in [-0.1, -0.05) is 6.07 Å². The lowest BCUT2D eigenvalue weighted by molar-refractivity contribution is 0.0757. The Kier molecular flexibility index (Phi) is 3.14. The average molecular weight is 338 g/mol. The number of fused-ring (bicyclic) bond motifs is 1.